The van der Waals surface area contributed by atoms with Crippen LogP contribution in [0.15, 0.2) is 24.5 Å². The molecule has 2 aromatic rings. The van der Waals surface area contributed by atoms with E-state index in [2.05, 4.69) is 20.6 Å². The highest BCUT2D eigenvalue weighted by Crippen LogP contribution is 2.33. The zero-order valence-electron chi connectivity index (χ0n) is 12.7. The third kappa shape index (κ3) is 3.44. The number of benzene rings is 1. The summed E-state index contributed by atoms with van der Waals surface area (Å²) < 4.78 is 27.4. The first kappa shape index (κ1) is 15.6. The number of nitrogens with zero attached hydrogens (tertiary/aromatic N) is 2. The van der Waals surface area contributed by atoms with Crippen LogP contribution in [0.1, 0.15) is 26.3 Å². The van der Waals surface area contributed by atoms with Crippen LogP contribution in [-0.2, 0) is 5.92 Å². The number of rotatable bonds is 5. The van der Waals surface area contributed by atoms with Gasteiger partial charge in [-0.15, -0.1) is 0 Å². The molecule has 1 aromatic heterocycles. The van der Waals surface area contributed by atoms with Crippen molar-refractivity contribution in [3.05, 3.63) is 30.1 Å². The molecule has 21 heavy (non-hydrogen) atoms. The van der Waals surface area contributed by atoms with Crippen LogP contribution in [0.4, 0.5) is 14.6 Å². The van der Waals surface area contributed by atoms with Gasteiger partial charge in [0.05, 0.1) is 5.52 Å². The van der Waals surface area contributed by atoms with Crippen LogP contribution in [0, 0.1) is 0 Å². The Kier molecular flexibility index (Phi) is 4.09. The number of para-hydroxylation sites is 1. The molecule has 0 radical (unpaired) electrons. The van der Waals surface area contributed by atoms with E-state index in [1.807, 2.05) is 20.9 Å². The molecule has 0 bridgehead atoms. The van der Waals surface area contributed by atoms with Gasteiger partial charge in [-0.1, -0.05) is 12.1 Å². The smallest absolute Gasteiger partial charge is 0.272 e. The molecule has 0 spiro atoms. The molecule has 0 fully saturated rings. The van der Waals surface area contributed by atoms with E-state index < -0.39 is 5.92 Å². The van der Waals surface area contributed by atoms with E-state index in [0.717, 1.165) is 6.92 Å². The molecule has 0 aliphatic rings. The number of hydrogen-bond acceptors (Lipinski definition) is 4. The van der Waals surface area contributed by atoms with Crippen LogP contribution in [0.25, 0.3) is 10.9 Å². The van der Waals surface area contributed by atoms with E-state index in [4.69, 9.17) is 0 Å². The van der Waals surface area contributed by atoms with Crippen molar-refractivity contribution in [1.29, 1.82) is 0 Å². The van der Waals surface area contributed by atoms with Gasteiger partial charge in [0.2, 0.25) is 0 Å². The average Bonchev–Trinajstić information content (AvgIpc) is 2.36. The SMILES string of the molecule is CNCC(C)(C)Nc1ncnc2c(C(C)(F)F)cccc12. The molecule has 1 aromatic carbocycles. The average molecular weight is 294 g/mol. The highest BCUT2D eigenvalue weighted by molar-refractivity contribution is 5.91. The van der Waals surface area contributed by atoms with Gasteiger partial charge in [0.1, 0.15) is 12.1 Å². The Morgan fingerprint density at radius 1 is 1.14 bits per heavy atom. The highest BCUT2D eigenvalue weighted by atomic mass is 19.3. The molecule has 2 rings (SSSR count). The van der Waals surface area contributed by atoms with Gasteiger partial charge >= 0.3 is 0 Å². The minimum atomic E-state index is -2.94. The lowest BCUT2D eigenvalue weighted by Crippen LogP contribution is -2.41. The van der Waals surface area contributed by atoms with Gasteiger partial charge in [0.15, 0.2) is 0 Å². The van der Waals surface area contributed by atoms with E-state index in [1.165, 1.54) is 12.4 Å². The fourth-order valence-electron chi connectivity index (χ4n) is 2.35. The van der Waals surface area contributed by atoms with Crippen molar-refractivity contribution in [2.24, 2.45) is 0 Å². The zero-order chi connectivity index (χ0) is 15.7. The van der Waals surface area contributed by atoms with Crippen LogP contribution < -0.4 is 10.6 Å². The minimum absolute atomic E-state index is 0.0862. The molecule has 0 saturated carbocycles. The van der Waals surface area contributed by atoms with Crippen molar-refractivity contribution in [1.82, 2.24) is 15.3 Å². The summed E-state index contributed by atoms with van der Waals surface area (Å²) in [7, 11) is 1.86. The van der Waals surface area contributed by atoms with Gasteiger partial charge in [-0.25, -0.2) is 18.7 Å². The number of fused-ring (bicyclic) bond motifs is 1. The third-order valence-corrected chi connectivity index (χ3v) is 3.21. The standard InChI is InChI=1S/C15H20F2N4/c1-14(2,8-18-4)21-13-10-6-5-7-11(15(3,16)17)12(10)19-9-20-13/h5-7,9,18H,8H2,1-4H3,(H,19,20,21). The topological polar surface area (TPSA) is 49.8 Å². The van der Waals surface area contributed by atoms with Crippen LogP contribution in [0.3, 0.4) is 0 Å². The maximum absolute atomic E-state index is 13.7. The van der Waals surface area contributed by atoms with Crippen LogP contribution in [-0.4, -0.2) is 29.1 Å². The van der Waals surface area contributed by atoms with E-state index in [1.54, 1.807) is 12.1 Å². The maximum Gasteiger partial charge on any atom is 0.272 e. The van der Waals surface area contributed by atoms with Crippen molar-refractivity contribution in [2.45, 2.75) is 32.2 Å². The van der Waals surface area contributed by atoms with Crippen molar-refractivity contribution in [3.63, 3.8) is 0 Å². The molecule has 0 aliphatic heterocycles. The second-order valence-electron chi connectivity index (χ2n) is 5.85. The summed E-state index contributed by atoms with van der Waals surface area (Å²) in [5.74, 6) is -2.38. The van der Waals surface area contributed by atoms with Gasteiger partial charge < -0.3 is 10.6 Å². The molecule has 2 N–H and O–H groups in total. The summed E-state index contributed by atoms with van der Waals surface area (Å²) in [6.07, 6.45) is 1.31. The monoisotopic (exact) mass is 294 g/mol. The maximum atomic E-state index is 13.7. The van der Waals surface area contributed by atoms with Gasteiger partial charge in [-0.2, -0.15) is 0 Å². The Hall–Kier alpha value is -1.82. The number of anilines is 1. The summed E-state index contributed by atoms with van der Waals surface area (Å²) in [6, 6.07) is 4.76. The third-order valence-electron chi connectivity index (χ3n) is 3.21. The summed E-state index contributed by atoms with van der Waals surface area (Å²) in [6.45, 7) is 5.61. The first-order valence-corrected chi connectivity index (χ1v) is 6.79. The molecule has 0 unspecified atom stereocenters. The van der Waals surface area contributed by atoms with Gasteiger partial charge in [0, 0.05) is 30.0 Å². The van der Waals surface area contributed by atoms with Crippen LogP contribution in [0.2, 0.25) is 0 Å². The lowest BCUT2D eigenvalue weighted by Gasteiger charge is -2.27. The number of halogens is 2. The van der Waals surface area contributed by atoms with Gasteiger partial charge in [-0.3, -0.25) is 0 Å². The van der Waals surface area contributed by atoms with Gasteiger partial charge in [0.25, 0.3) is 5.92 Å². The van der Waals surface area contributed by atoms with Crippen molar-refractivity contribution >= 4 is 16.7 Å². The highest BCUT2D eigenvalue weighted by Gasteiger charge is 2.28. The predicted molar refractivity (Wildman–Crippen MR) is 80.7 cm³/mol. The fourth-order valence-corrected chi connectivity index (χ4v) is 2.35. The molecule has 0 amide bonds. The van der Waals surface area contributed by atoms with Gasteiger partial charge in [-0.05, 0) is 27.0 Å². The normalized spacial score (nSPS) is 12.7. The summed E-state index contributed by atoms with van der Waals surface area (Å²) in [5.41, 5.74) is -0.0690. The molecule has 0 saturated heterocycles. The van der Waals surface area contributed by atoms with E-state index >= 15 is 0 Å². The Morgan fingerprint density at radius 2 is 1.86 bits per heavy atom. The Morgan fingerprint density at radius 3 is 2.48 bits per heavy atom. The first-order valence-electron chi connectivity index (χ1n) is 6.79. The molecule has 0 atom stereocenters. The van der Waals surface area contributed by atoms with E-state index in [-0.39, 0.29) is 16.6 Å². The van der Waals surface area contributed by atoms with Crippen molar-refractivity contribution in [2.75, 3.05) is 18.9 Å². The van der Waals surface area contributed by atoms with Crippen LogP contribution >= 0.6 is 0 Å². The molecular weight excluding hydrogens is 274 g/mol. The second-order valence-corrected chi connectivity index (χ2v) is 5.85. The van der Waals surface area contributed by atoms with Crippen molar-refractivity contribution < 1.29 is 8.78 Å². The van der Waals surface area contributed by atoms with Crippen molar-refractivity contribution in [3.8, 4) is 0 Å². The lowest BCUT2D eigenvalue weighted by molar-refractivity contribution is 0.0189. The molecule has 0 aliphatic carbocycles. The largest absolute Gasteiger partial charge is 0.363 e. The lowest BCUT2D eigenvalue weighted by atomic mass is 10.0. The minimum Gasteiger partial charge on any atom is -0.363 e. The first-order chi connectivity index (χ1) is 9.74. The predicted octanol–water partition coefficient (Wildman–Crippen LogP) is 3.15. The molecule has 1 heterocycles. The number of alkyl halides is 2. The second kappa shape index (κ2) is 5.52. The number of hydrogen-bond donors (Lipinski definition) is 2. The number of nitrogens with one attached hydrogen (secondary N) is 2. The zero-order valence-corrected chi connectivity index (χ0v) is 12.7. The molecular formula is C15H20F2N4. The molecule has 114 valence electrons. The summed E-state index contributed by atoms with van der Waals surface area (Å²) >= 11 is 0. The number of aromatic nitrogens is 2. The Labute approximate surface area is 123 Å². The Bertz CT molecular complexity index is 635. The summed E-state index contributed by atoms with van der Waals surface area (Å²) in [4.78, 5) is 8.24. The molecule has 4 nitrogen and oxygen atoms in total. The molecule has 6 heteroatoms. The van der Waals surface area contributed by atoms with E-state index in [0.29, 0.717) is 17.7 Å². The van der Waals surface area contributed by atoms with Crippen LogP contribution in [0.5, 0.6) is 0 Å². The van der Waals surface area contributed by atoms with E-state index in [9.17, 15) is 8.78 Å². The Balaban J connectivity index is 2.53. The quantitative estimate of drug-likeness (QED) is 0.889. The number of likely N-dealkylation sites (N-methyl/N-ethyl adjacent to an activating group) is 1. The summed E-state index contributed by atoms with van der Waals surface area (Å²) in [5, 5.41) is 6.97. The fraction of sp³-hybridized carbons (Fsp3) is 0.467.